The highest BCUT2D eigenvalue weighted by Crippen LogP contribution is 2.42. The second-order valence-electron chi connectivity index (χ2n) is 15.8. The van der Waals surface area contributed by atoms with Gasteiger partial charge in [-0.15, -0.1) is 0 Å². The lowest BCUT2D eigenvalue weighted by Crippen LogP contribution is -2.62. The number of esters is 1. The van der Waals surface area contributed by atoms with E-state index in [4.69, 9.17) is 29.2 Å². The first-order valence-electron chi connectivity index (χ1n) is 18.4. The Morgan fingerprint density at radius 2 is 1.79 bits per heavy atom. The van der Waals surface area contributed by atoms with Crippen LogP contribution < -0.4 is 5.32 Å². The number of hydrogen-bond acceptors (Lipinski definition) is 12. The maximum absolute atomic E-state index is 16.9. The van der Waals surface area contributed by atoms with E-state index >= 15 is 8.78 Å². The zero-order valence-corrected chi connectivity index (χ0v) is 33.9. The van der Waals surface area contributed by atoms with Crippen molar-refractivity contribution in [1.82, 2.24) is 15.1 Å². The van der Waals surface area contributed by atoms with Gasteiger partial charge in [-0.2, -0.15) is 0 Å². The smallest absolute Gasteiger partial charge is 0.410 e. The van der Waals surface area contributed by atoms with E-state index in [1.807, 2.05) is 25.9 Å². The second kappa shape index (κ2) is 18.0. The van der Waals surface area contributed by atoms with Crippen LogP contribution in [0.3, 0.4) is 0 Å². The summed E-state index contributed by atoms with van der Waals surface area (Å²) in [6.07, 6.45) is -3.67. The molecule has 0 aliphatic carbocycles. The molecule has 3 saturated heterocycles. The number of ketones is 1. The molecule has 3 heterocycles. The van der Waals surface area contributed by atoms with Crippen LogP contribution in [-0.4, -0.2) is 139 Å². The van der Waals surface area contributed by atoms with Crippen LogP contribution in [0.5, 0.6) is 0 Å². The molecule has 15 nitrogen and oxygen atoms in total. The highest BCUT2D eigenvalue weighted by atomic mass is 31.1. The highest BCUT2D eigenvalue weighted by molar-refractivity contribution is 7.25. The molecule has 0 aromatic heterocycles. The Hall–Kier alpha value is -2.52. The van der Waals surface area contributed by atoms with E-state index in [1.54, 1.807) is 27.7 Å². The van der Waals surface area contributed by atoms with Crippen LogP contribution in [0, 0.1) is 5.92 Å². The van der Waals surface area contributed by atoms with Crippen LogP contribution in [0.2, 0.25) is 0 Å². The minimum Gasteiger partial charge on any atom is -0.455 e. The van der Waals surface area contributed by atoms with Crippen molar-refractivity contribution in [1.29, 1.82) is 0 Å². The molecule has 1 amide bonds. The zero-order valence-electron chi connectivity index (χ0n) is 33.0. The fourth-order valence-electron chi connectivity index (χ4n) is 8.28. The number of amides is 1. The van der Waals surface area contributed by atoms with Crippen LogP contribution in [0.1, 0.15) is 87.5 Å². The van der Waals surface area contributed by atoms with Crippen LogP contribution in [0.15, 0.2) is 5.11 Å². The lowest BCUT2D eigenvalue weighted by molar-refractivity contribution is -0.262. The summed E-state index contributed by atoms with van der Waals surface area (Å²) in [4.78, 5) is 47.6. The molecule has 0 saturated carbocycles. The third-order valence-corrected chi connectivity index (χ3v) is 12.0. The van der Waals surface area contributed by atoms with Gasteiger partial charge >= 0.3 is 12.1 Å². The van der Waals surface area contributed by atoms with E-state index in [0.717, 1.165) is 6.92 Å². The molecule has 3 aliphatic rings. The normalized spacial score (nSPS) is 42.0. The topological polar surface area (TPSA) is 182 Å². The van der Waals surface area contributed by atoms with Gasteiger partial charge in [0.2, 0.25) is 0 Å². The summed E-state index contributed by atoms with van der Waals surface area (Å²) in [6.45, 7) is 12.0. The number of cyclic esters (lactones) is 1. The Bertz CT molecular complexity index is 1370. The molecule has 13 atom stereocenters. The Balaban J connectivity index is 2.13. The maximum Gasteiger partial charge on any atom is 0.410 e. The van der Waals surface area contributed by atoms with Crippen molar-refractivity contribution >= 4 is 26.3 Å². The van der Waals surface area contributed by atoms with Crippen molar-refractivity contribution in [2.45, 2.75) is 158 Å². The van der Waals surface area contributed by atoms with Crippen LogP contribution in [-0.2, 0) is 37.8 Å². The van der Waals surface area contributed by atoms with Crippen molar-refractivity contribution in [3.8, 4) is 0 Å². The molecule has 0 aromatic carbocycles. The molecular weight excluding hydrogens is 717 g/mol. The number of nitrogens with one attached hydrogen (secondary N) is 1. The van der Waals surface area contributed by atoms with Crippen LogP contribution in [0.25, 0.3) is 10.4 Å². The molecular formula is C35H59F2N6O9P. The van der Waals surface area contributed by atoms with Crippen LogP contribution >= 0.6 is 8.46 Å². The second-order valence-corrected chi connectivity index (χ2v) is 16.6. The standard InChI is InChI=1S/C35H59F2N6O9P/c1-12-24-35(8)26(43(31(46)52-35)16-14-13-15-40-41-38)22(4)39-19-32(5,36)18-33(6,48-11)28(21(3)27(44)34(7,37)30(45)50-24)51-29-25(53-47)23(42(9)10)17-20(2)49-29/h20-26,28-29,39H,12-19H2,1-11H3/t20?,21-,22+,23?,24+,25?,26+,28+,29-,32?,33+,34?,35+/m0/s1. The summed E-state index contributed by atoms with van der Waals surface area (Å²) in [6, 6.07) is -1.75. The monoisotopic (exact) mass is 776 g/mol. The number of hydrogen-bond donors (Lipinski definition) is 1. The lowest BCUT2D eigenvalue weighted by Gasteiger charge is -2.47. The minimum atomic E-state index is -3.23. The Kier molecular flexibility index (Phi) is 15.2. The van der Waals surface area contributed by atoms with Crippen LogP contribution in [0.4, 0.5) is 13.6 Å². The van der Waals surface area contributed by atoms with Gasteiger partial charge < -0.3 is 33.9 Å². The zero-order chi connectivity index (χ0) is 40.1. The van der Waals surface area contributed by atoms with Gasteiger partial charge in [0.05, 0.1) is 23.9 Å². The molecule has 0 radical (unpaired) electrons. The predicted molar refractivity (Wildman–Crippen MR) is 192 cm³/mol. The van der Waals surface area contributed by atoms with Crippen molar-refractivity contribution in [3.05, 3.63) is 10.4 Å². The summed E-state index contributed by atoms with van der Waals surface area (Å²) in [5.74, 6) is -4.13. The third kappa shape index (κ3) is 9.84. The number of rotatable bonds is 11. The average molecular weight is 777 g/mol. The fraction of sp³-hybridized carbons (Fsp3) is 0.914. The molecule has 0 aromatic rings. The molecule has 3 rings (SSSR count). The maximum atomic E-state index is 16.9. The summed E-state index contributed by atoms with van der Waals surface area (Å²) in [5, 5.41) is 6.77. The van der Waals surface area contributed by atoms with Gasteiger partial charge in [-0.3, -0.25) is 14.3 Å². The summed E-state index contributed by atoms with van der Waals surface area (Å²) in [5.41, 5.74) is -0.544. The van der Waals surface area contributed by atoms with Crippen molar-refractivity contribution in [2.24, 2.45) is 11.0 Å². The molecule has 3 aliphatic heterocycles. The number of fused-ring (bicyclic) bond motifs is 1. The van der Waals surface area contributed by atoms with Gasteiger partial charge in [0, 0.05) is 56.1 Å². The SMILES string of the molecule is CC[C@H]1OC(=O)C(C)(F)C(=O)[C@H](C)[C@@H](O[C@@H]2OC(C)CC(N(C)C)C2P=O)[C@](C)(OC)CC(C)(F)CN[C@H](C)[C@H]2N(CCCCN=[N+]=[N-])C(=O)O[C@]12C. The first-order valence-corrected chi connectivity index (χ1v) is 19.2. The summed E-state index contributed by atoms with van der Waals surface area (Å²) >= 11 is 0. The molecule has 53 heavy (non-hydrogen) atoms. The predicted octanol–water partition coefficient (Wildman–Crippen LogP) is 5.54. The number of methoxy groups -OCH3 is 1. The number of carbonyl (C=O) groups excluding carboxylic acids is 3. The summed E-state index contributed by atoms with van der Waals surface area (Å²) < 4.78 is 76.6. The molecule has 18 heteroatoms. The molecule has 1 N–H and O–H groups in total. The van der Waals surface area contributed by atoms with E-state index in [2.05, 4.69) is 15.3 Å². The number of alkyl halides is 2. The van der Waals surface area contributed by atoms with E-state index < -0.39 is 82.5 Å². The Labute approximate surface area is 313 Å². The number of ether oxygens (including phenoxy) is 5. The number of nitrogens with zero attached hydrogens (tertiary/aromatic N) is 5. The Morgan fingerprint density at radius 1 is 1.13 bits per heavy atom. The first kappa shape index (κ1) is 44.9. The third-order valence-electron chi connectivity index (χ3n) is 11.1. The molecule has 302 valence electrons. The van der Waals surface area contributed by atoms with Crippen molar-refractivity contribution in [3.63, 3.8) is 0 Å². The number of unbranched alkanes of at least 4 members (excludes halogenated alkanes) is 1. The number of halogens is 2. The average Bonchev–Trinajstić information content (AvgIpc) is 3.35. The molecule has 0 spiro atoms. The number of Topliss-reactive ketones (excluding diaryl/α,β-unsaturated/α-hetero) is 1. The molecule has 5 unspecified atom stereocenters. The minimum absolute atomic E-state index is 0.0810. The van der Waals surface area contributed by atoms with Gasteiger partial charge in [0.1, 0.15) is 17.4 Å². The van der Waals surface area contributed by atoms with E-state index in [0.29, 0.717) is 19.3 Å². The molecule has 0 bridgehead atoms. The van der Waals surface area contributed by atoms with Gasteiger partial charge in [-0.25, -0.2) is 18.4 Å². The largest absolute Gasteiger partial charge is 0.455 e. The van der Waals surface area contributed by atoms with Gasteiger partial charge in [-0.1, -0.05) is 19.0 Å². The summed E-state index contributed by atoms with van der Waals surface area (Å²) in [7, 11) is 4.70. The van der Waals surface area contributed by atoms with Gasteiger partial charge in [-0.05, 0) is 86.9 Å². The number of azide groups is 1. The van der Waals surface area contributed by atoms with Crippen molar-refractivity contribution < 1.29 is 51.4 Å². The first-order chi connectivity index (χ1) is 24.6. The fourth-order valence-corrected chi connectivity index (χ4v) is 9.05. The van der Waals surface area contributed by atoms with Gasteiger partial charge in [0.25, 0.3) is 5.67 Å². The van der Waals surface area contributed by atoms with Crippen molar-refractivity contribution in [2.75, 3.05) is 40.8 Å². The highest BCUT2D eigenvalue weighted by Gasteiger charge is 2.61. The molecule has 3 fully saturated rings. The van der Waals surface area contributed by atoms with E-state index in [9.17, 15) is 18.9 Å². The van der Waals surface area contributed by atoms with Gasteiger partial charge in [0.15, 0.2) is 26.1 Å². The Morgan fingerprint density at radius 3 is 2.36 bits per heavy atom. The van der Waals surface area contributed by atoms with E-state index in [1.165, 1.54) is 25.9 Å². The quantitative estimate of drug-likeness (QED) is 0.0530. The lowest BCUT2D eigenvalue weighted by atomic mass is 9.77. The van der Waals surface area contributed by atoms with E-state index in [-0.39, 0.29) is 53.1 Å². The number of carbonyl (C=O) groups is 3.